The lowest BCUT2D eigenvalue weighted by atomic mass is 9.86. The fourth-order valence-electron chi connectivity index (χ4n) is 4.91. The second kappa shape index (κ2) is 18.1. The molecule has 0 saturated carbocycles. The molecule has 12 nitrogen and oxygen atoms in total. The van der Waals surface area contributed by atoms with Crippen molar-refractivity contribution >= 4 is 0 Å². The molecular weight excluding hydrogens is 504 g/mol. The first-order valence-electron chi connectivity index (χ1n) is 14.1. The van der Waals surface area contributed by atoms with Crippen molar-refractivity contribution in [1.29, 1.82) is 0 Å². The van der Waals surface area contributed by atoms with Crippen molar-refractivity contribution in [2.24, 2.45) is 0 Å². The third kappa shape index (κ3) is 9.86. The van der Waals surface area contributed by atoms with E-state index in [0.717, 1.165) is 12.8 Å². The van der Waals surface area contributed by atoms with Crippen molar-refractivity contribution < 1.29 is 59.8 Å². The first-order valence-corrected chi connectivity index (χ1v) is 14.1. The van der Waals surface area contributed by atoms with Gasteiger partial charge < -0.3 is 59.8 Å². The molecule has 226 valence electrons. The van der Waals surface area contributed by atoms with Gasteiger partial charge in [0, 0.05) is 6.61 Å². The molecule has 0 aromatic carbocycles. The maximum atomic E-state index is 10.8. The molecule has 0 spiro atoms. The predicted octanol–water partition coefficient (Wildman–Crippen LogP) is -1.05. The van der Waals surface area contributed by atoms with Gasteiger partial charge >= 0.3 is 0 Å². The van der Waals surface area contributed by atoms with Crippen molar-refractivity contribution in [3.8, 4) is 0 Å². The highest BCUT2D eigenvalue weighted by atomic mass is 16.7. The van der Waals surface area contributed by atoms with Gasteiger partial charge in [0.1, 0.15) is 61.0 Å². The van der Waals surface area contributed by atoms with Gasteiger partial charge in [-0.3, -0.25) is 0 Å². The van der Waals surface area contributed by atoms with Gasteiger partial charge in [-0.1, -0.05) is 64.7 Å². The molecule has 1 unspecified atom stereocenters. The number of aliphatic hydroxyl groups is 8. The second-order valence-electron chi connectivity index (χ2n) is 10.4. The highest BCUT2D eigenvalue weighted by Crippen LogP contribution is 2.30. The molecule has 0 radical (unpaired) electrons. The molecule has 0 bridgehead atoms. The van der Waals surface area contributed by atoms with Gasteiger partial charge in [0.2, 0.25) is 0 Å². The first kappa shape index (κ1) is 33.7. The SMILES string of the molecule is CCCCCCCCCCCCOCCO[C@H]1O[C@H](C(O)[C@@H]2O[C@H](CO)[C@H](O)[C@H](O)[C@H]2O)[C@@H](O)[C@H](O)[C@H]1O. The fraction of sp³-hybridized carbons (Fsp3) is 1.00. The highest BCUT2D eigenvalue weighted by Gasteiger charge is 2.53. The fourth-order valence-corrected chi connectivity index (χ4v) is 4.91. The minimum atomic E-state index is -1.81. The van der Waals surface area contributed by atoms with Gasteiger partial charge in [0.25, 0.3) is 0 Å². The molecule has 0 amide bonds. The van der Waals surface area contributed by atoms with Crippen LogP contribution in [-0.2, 0) is 18.9 Å². The summed E-state index contributed by atoms with van der Waals surface area (Å²) in [6.45, 7) is 2.31. The number of aliphatic hydroxyl groups excluding tert-OH is 8. The van der Waals surface area contributed by atoms with Crippen LogP contribution in [0.15, 0.2) is 0 Å². The highest BCUT2D eigenvalue weighted by molar-refractivity contribution is 5.01. The van der Waals surface area contributed by atoms with Gasteiger partial charge in [0.05, 0.1) is 19.8 Å². The average molecular weight is 555 g/mol. The van der Waals surface area contributed by atoms with Gasteiger partial charge in [0.15, 0.2) is 6.29 Å². The molecule has 2 fully saturated rings. The molecule has 2 heterocycles. The van der Waals surface area contributed by atoms with E-state index < -0.39 is 73.9 Å². The summed E-state index contributed by atoms with van der Waals surface area (Å²) in [5.74, 6) is 0. The number of ether oxygens (including phenoxy) is 4. The summed E-state index contributed by atoms with van der Waals surface area (Å²) in [4.78, 5) is 0. The predicted molar refractivity (Wildman–Crippen MR) is 135 cm³/mol. The minimum Gasteiger partial charge on any atom is -0.394 e. The van der Waals surface area contributed by atoms with Crippen LogP contribution >= 0.6 is 0 Å². The summed E-state index contributed by atoms with van der Waals surface area (Å²) in [5.41, 5.74) is 0. The van der Waals surface area contributed by atoms with Crippen LogP contribution in [0.3, 0.4) is 0 Å². The zero-order valence-corrected chi connectivity index (χ0v) is 22.5. The zero-order valence-electron chi connectivity index (χ0n) is 22.5. The van der Waals surface area contributed by atoms with E-state index in [1.807, 2.05) is 0 Å². The van der Waals surface area contributed by atoms with Crippen LogP contribution in [0.2, 0.25) is 0 Å². The molecule has 2 rings (SSSR count). The van der Waals surface area contributed by atoms with E-state index in [1.54, 1.807) is 0 Å². The lowest BCUT2D eigenvalue weighted by Crippen LogP contribution is -2.67. The third-order valence-corrected chi connectivity index (χ3v) is 7.36. The van der Waals surface area contributed by atoms with Crippen molar-refractivity contribution in [2.45, 2.75) is 138 Å². The monoisotopic (exact) mass is 554 g/mol. The molecule has 2 aliphatic heterocycles. The average Bonchev–Trinajstić information content (AvgIpc) is 2.91. The standard InChI is InChI=1S/C26H50O12/c1-2-3-4-5-6-7-8-9-10-11-12-35-13-14-36-26-22(33)19(30)21(32)25(38-26)23(34)24-20(31)18(29)17(28)16(15-27)37-24/h16-34H,2-15H2,1H3/t16-,17+,18+,19+,20-,21+,22-,23?,24-,25+,26+/m1/s1. The Morgan fingerprint density at radius 1 is 0.605 bits per heavy atom. The van der Waals surface area contributed by atoms with Crippen molar-refractivity contribution in [3.05, 3.63) is 0 Å². The summed E-state index contributed by atoms with van der Waals surface area (Å²) in [6, 6.07) is 0. The van der Waals surface area contributed by atoms with E-state index >= 15 is 0 Å². The topological polar surface area (TPSA) is 199 Å². The number of hydrogen-bond acceptors (Lipinski definition) is 12. The molecule has 38 heavy (non-hydrogen) atoms. The quantitative estimate of drug-likeness (QED) is 0.0958. The molecule has 0 aromatic heterocycles. The maximum absolute atomic E-state index is 10.8. The van der Waals surface area contributed by atoms with E-state index in [-0.39, 0.29) is 13.2 Å². The van der Waals surface area contributed by atoms with Crippen molar-refractivity contribution in [2.75, 3.05) is 26.4 Å². The van der Waals surface area contributed by atoms with Gasteiger partial charge in [-0.05, 0) is 6.42 Å². The molecule has 2 saturated heterocycles. The molecule has 0 aliphatic carbocycles. The van der Waals surface area contributed by atoms with E-state index in [0.29, 0.717) is 6.61 Å². The Labute approximate surface area is 225 Å². The van der Waals surface area contributed by atoms with Gasteiger partial charge in [-0.15, -0.1) is 0 Å². The number of rotatable bonds is 18. The van der Waals surface area contributed by atoms with Crippen LogP contribution in [0.25, 0.3) is 0 Å². The molecular formula is C26H50O12. The summed E-state index contributed by atoms with van der Waals surface area (Å²) < 4.78 is 21.9. The Morgan fingerprint density at radius 2 is 1.13 bits per heavy atom. The number of unbranched alkanes of at least 4 members (excludes halogenated alkanes) is 9. The lowest BCUT2D eigenvalue weighted by molar-refractivity contribution is -0.329. The van der Waals surface area contributed by atoms with E-state index in [1.165, 1.54) is 51.4 Å². The third-order valence-electron chi connectivity index (χ3n) is 7.36. The summed E-state index contributed by atoms with van der Waals surface area (Å²) in [5, 5.41) is 81.2. The van der Waals surface area contributed by atoms with Crippen LogP contribution in [-0.4, -0.2) is 135 Å². The zero-order chi connectivity index (χ0) is 28.1. The Morgan fingerprint density at radius 3 is 1.71 bits per heavy atom. The van der Waals surface area contributed by atoms with Gasteiger partial charge in [-0.25, -0.2) is 0 Å². The summed E-state index contributed by atoms with van der Waals surface area (Å²) in [6.07, 6.45) is -5.71. The van der Waals surface area contributed by atoms with Crippen molar-refractivity contribution in [1.82, 2.24) is 0 Å². The second-order valence-corrected chi connectivity index (χ2v) is 10.4. The number of hydrogen-bond donors (Lipinski definition) is 8. The summed E-state index contributed by atoms with van der Waals surface area (Å²) in [7, 11) is 0. The van der Waals surface area contributed by atoms with E-state index in [2.05, 4.69) is 6.92 Å². The van der Waals surface area contributed by atoms with Crippen LogP contribution in [0.4, 0.5) is 0 Å². The molecule has 12 heteroatoms. The first-order chi connectivity index (χ1) is 18.2. The Hall–Kier alpha value is -0.480. The van der Waals surface area contributed by atoms with Gasteiger partial charge in [-0.2, -0.15) is 0 Å². The molecule has 2 aliphatic rings. The summed E-state index contributed by atoms with van der Waals surface area (Å²) >= 11 is 0. The van der Waals surface area contributed by atoms with Crippen LogP contribution in [0.1, 0.15) is 71.1 Å². The van der Waals surface area contributed by atoms with E-state index in [4.69, 9.17) is 18.9 Å². The van der Waals surface area contributed by atoms with Crippen LogP contribution in [0.5, 0.6) is 0 Å². The molecule has 0 aromatic rings. The minimum absolute atomic E-state index is 0.0190. The molecule has 8 N–H and O–H groups in total. The Kier molecular flexibility index (Phi) is 16.0. The lowest BCUT2D eigenvalue weighted by Gasteiger charge is -2.47. The Balaban J connectivity index is 1.70. The van der Waals surface area contributed by atoms with Crippen molar-refractivity contribution in [3.63, 3.8) is 0 Å². The van der Waals surface area contributed by atoms with Crippen LogP contribution < -0.4 is 0 Å². The molecule has 11 atom stereocenters. The largest absolute Gasteiger partial charge is 0.394 e. The van der Waals surface area contributed by atoms with E-state index in [9.17, 15) is 40.9 Å². The Bertz CT molecular complexity index is 611. The smallest absolute Gasteiger partial charge is 0.186 e. The van der Waals surface area contributed by atoms with Crippen LogP contribution in [0, 0.1) is 0 Å². The normalized spacial score (nSPS) is 36.9. The maximum Gasteiger partial charge on any atom is 0.186 e.